The predicted molar refractivity (Wildman–Crippen MR) is 78.4 cm³/mol. The van der Waals surface area contributed by atoms with E-state index in [4.69, 9.17) is 10.3 Å². The van der Waals surface area contributed by atoms with Crippen LogP contribution in [0.15, 0.2) is 0 Å². The summed E-state index contributed by atoms with van der Waals surface area (Å²) in [6, 6.07) is 0. The molecule has 3 N–H and O–H groups in total. The summed E-state index contributed by atoms with van der Waals surface area (Å²) in [7, 11) is -3.67. The third-order valence-corrected chi connectivity index (χ3v) is 2.56. The molecule has 0 fully saturated rings. The molecule has 0 saturated carbocycles. The van der Waals surface area contributed by atoms with E-state index in [2.05, 4.69) is 6.92 Å². The fourth-order valence-corrected chi connectivity index (χ4v) is 1.63. The fourth-order valence-electron chi connectivity index (χ4n) is 1.63. The molecule has 0 bridgehead atoms. The highest BCUT2D eigenvalue weighted by atomic mass is 32.2. The Balaban J connectivity index is 0. The molecule has 0 unspecified atom stereocenters. The van der Waals surface area contributed by atoms with Gasteiger partial charge in [-0.3, -0.25) is 4.55 Å². The summed E-state index contributed by atoms with van der Waals surface area (Å²) in [4.78, 5) is 0. The van der Waals surface area contributed by atoms with Crippen LogP contribution in [0.4, 0.5) is 0 Å². The molecule has 0 aliphatic carbocycles. The molecule has 0 heterocycles. The SMILES string of the molecule is CCCCCCCCCCCCN.CS(=O)(=O)O. The summed E-state index contributed by atoms with van der Waals surface area (Å²) in [6.45, 7) is 3.14. The standard InChI is InChI=1S/C12H27N.CH4O3S/c1-2-3-4-5-6-7-8-9-10-11-12-13;1-5(2,3)4/h2-13H2,1H3;1H3,(H,2,3,4). The third-order valence-electron chi connectivity index (χ3n) is 2.56. The van der Waals surface area contributed by atoms with Gasteiger partial charge in [-0.25, -0.2) is 0 Å². The zero-order chi connectivity index (χ0) is 14.3. The van der Waals surface area contributed by atoms with Gasteiger partial charge in [0.05, 0.1) is 6.26 Å². The van der Waals surface area contributed by atoms with E-state index in [1.165, 1.54) is 64.2 Å². The maximum Gasteiger partial charge on any atom is 0.261 e. The van der Waals surface area contributed by atoms with Crippen LogP contribution in [-0.4, -0.2) is 25.8 Å². The summed E-state index contributed by atoms with van der Waals surface area (Å²) in [5, 5.41) is 0. The summed E-state index contributed by atoms with van der Waals surface area (Å²) in [6.07, 6.45) is 14.6. The summed E-state index contributed by atoms with van der Waals surface area (Å²) < 4.78 is 25.9. The van der Waals surface area contributed by atoms with Gasteiger partial charge in [0.2, 0.25) is 0 Å². The lowest BCUT2D eigenvalue weighted by Crippen LogP contribution is -1.97. The van der Waals surface area contributed by atoms with E-state index in [1.54, 1.807) is 0 Å². The van der Waals surface area contributed by atoms with Gasteiger partial charge in [0.25, 0.3) is 10.1 Å². The molecular formula is C13H31NO3S. The van der Waals surface area contributed by atoms with Crippen molar-refractivity contribution in [3.05, 3.63) is 0 Å². The molecule has 0 spiro atoms. The topological polar surface area (TPSA) is 80.4 Å². The van der Waals surface area contributed by atoms with Crippen molar-refractivity contribution in [2.45, 2.75) is 71.1 Å². The second-order valence-electron chi connectivity index (χ2n) is 4.70. The van der Waals surface area contributed by atoms with Crippen LogP contribution in [0.2, 0.25) is 0 Å². The minimum Gasteiger partial charge on any atom is -0.330 e. The Kier molecular flexibility index (Phi) is 16.7. The molecule has 0 amide bonds. The summed E-state index contributed by atoms with van der Waals surface area (Å²) in [5.41, 5.74) is 5.42. The van der Waals surface area contributed by atoms with Crippen molar-refractivity contribution in [1.82, 2.24) is 0 Å². The smallest absolute Gasteiger partial charge is 0.261 e. The third kappa shape index (κ3) is 36.0. The zero-order valence-electron chi connectivity index (χ0n) is 12.0. The Hall–Kier alpha value is -0.130. The quantitative estimate of drug-likeness (QED) is 0.475. The van der Waals surface area contributed by atoms with Crippen molar-refractivity contribution in [3.63, 3.8) is 0 Å². The maximum absolute atomic E-state index is 9.19. The van der Waals surface area contributed by atoms with E-state index < -0.39 is 10.1 Å². The lowest BCUT2D eigenvalue weighted by atomic mass is 10.1. The van der Waals surface area contributed by atoms with Gasteiger partial charge < -0.3 is 5.73 Å². The van der Waals surface area contributed by atoms with Gasteiger partial charge in [0, 0.05) is 0 Å². The van der Waals surface area contributed by atoms with Crippen LogP contribution in [0.3, 0.4) is 0 Å². The lowest BCUT2D eigenvalue weighted by molar-refractivity contribution is 0.490. The monoisotopic (exact) mass is 281 g/mol. The highest BCUT2D eigenvalue weighted by molar-refractivity contribution is 7.85. The first-order valence-electron chi connectivity index (χ1n) is 7.04. The highest BCUT2D eigenvalue weighted by Gasteiger charge is 1.91. The number of unbranched alkanes of at least 4 members (excludes halogenated alkanes) is 9. The van der Waals surface area contributed by atoms with Crippen LogP contribution >= 0.6 is 0 Å². The highest BCUT2D eigenvalue weighted by Crippen LogP contribution is 2.09. The molecule has 0 saturated heterocycles. The Morgan fingerprint density at radius 2 is 1.11 bits per heavy atom. The largest absolute Gasteiger partial charge is 0.330 e. The van der Waals surface area contributed by atoms with Gasteiger partial charge in [-0.15, -0.1) is 0 Å². The van der Waals surface area contributed by atoms with Gasteiger partial charge in [0.15, 0.2) is 0 Å². The molecule has 5 heteroatoms. The van der Waals surface area contributed by atoms with E-state index in [1.807, 2.05) is 0 Å². The Morgan fingerprint density at radius 1 is 0.833 bits per heavy atom. The molecule has 0 aromatic heterocycles. The molecule has 0 aromatic rings. The van der Waals surface area contributed by atoms with Gasteiger partial charge in [-0.05, 0) is 13.0 Å². The zero-order valence-corrected chi connectivity index (χ0v) is 12.8. The lowest BCUT2D eigenvalue weighted by Gasteiger charge is -2.00. The van der Waals surface area contributed by atoms with Crippen molar-refractivity contribution in [2.75, 3.05) is 12.8 Å². The molecule has 0 rings (SSSR count). The number of hydrogen-bond donors (Lipinski definition) is 2. The van der Waals surface area contributed by atoms with Gasteiger partial charge >= 0.3 is 0 Å². The molecule has 4 nitrogen and oxygen atoms in total. The van der Waals surface area contributed by atoms with E-state index in [-0.39, 0.29) is 0 Å². The number of rotatable bonds is 10. The van der Waals surface area contributed by atoms with Gasteiger partial charge in [-0.2, -0.15) is 8.42 Å². The summed E-state index contributed by atoms with van der Waals surface area (Å²) >= 11 is 0. The van der Waals surface area contributed by atoms with E-state index in [9.17, 15) is 8.42 Å². The first-order chi connectivity index (χ1) is 8.41. The minimum atomic E-state index is -3.67. The van der Waals surface area contributed by atoms with Gasteiger partial charge in [0.1, 0.15) is 0 Å². The second-order valence-corrected chi connectivity index (χ2v) is 6.17. The molecule has 0 atom stereocenters. The van der Waals surface area contributed by atoms with Crippen LogP contribution < -0.4 is 5.73 Å². The van der Waals surface area contributed by atoms with Crippen LogP contribution in [0, 0.1) is 0 Å². The van der Waals surface area contributed by atoms with Crippen molar-refractivity contribution in [2.24, 2.45) is 5.73 Å². The average molecular weight is 281 g/mol. The Labute approximate surface area is 113 Å². The van der Waals surface area contributed by atoms with E-state index in [0.717, 1.165) is 6.54 Å². The number of hydrogen-bond acceptors (Lipinski definition) is 3. The summed E-state index contributed by atoms with van der Waals surface area (Å²) in [5.74, 6) is 0. The maximum atomic E-state index is 9.19. The first-order valence-corrected chi connectivity index (χ1v) is 8.89. The molecule has 0 aliphatic rings. The number of nitrogens with two attached hydrogens (primary N) is 1. The molecular weight excluding hydrogens is 250 g/mol. The van der Waals surface area contributed by atoms with E-state index >= 15 is 0 Å². The molecule has 18 heavy (non-hydrogen) atoms. The van der Waals surface area contributed by atoms with Crippen LogP contribution in [0.1, 0.15) is 71.1 Å². The molecule has 112 valence electrons. The molecule has 0 radical (unpaired) electrons. The van der Waals surface area contributed by atoms with Crippen LogP contribution in [0.5, 0.6) is 0 Å². The fraction of sp³-hybridized carbons (Fsp3) is 1.00. The second kappa shape index (κ2) is 14.9. The molecule has 0 aliphatic heterocycles. The van der Waals surface area contributed by atoms with Gasteiger partial charge in [-0.1, -0.05) is 64.7 Å². The van der Waals surface area contributed by atoms with Crippen molar-refractivity contribution in [3.8, 4) is 0 Å². The van der Waals surface area contributed by atoms with Crippen LogP contribution in [0.25, 0.3) is 0 Å². The average Bonchev–Trinajstić information content (AvgIpc) is 2.25. The Bertz CT molecular complexity index is 223. The Morgan fingerprint density at radius 3 is 1.39 bits per heavy atom. The van der Waals surface area contributed by atoms with E-state index in [0.29, 0.717) is 6.26 Å². The van der Waals surface area contributed by atoms with Crippen LogP contribution in [-0.2, 0) is 10.1 Å². The first kappa shape index (κ1) is 20.2. The van der Waals surface area contributed by atoms with Crippen molar-refractivity contribution in [1.29, 1.82) is 0 Å². The van der Waals surface area contributed by atoms with Crippen molar-refractivity contribution >= 4 is 10.1 Å². The molecule has 0 aromatic carbocycles. The predicted octanol–water partition coefficient (Wildman–Crippen LogP) is 3.37. The normalized spacial score (nSPS) is 10.9. The minimum absolute atomic E-state index is 0.715. The van der Waals surface area contributed by atoms with Crippen molar-refractivity contribution < 1.29 is 13.0 Å².